The van der Waals surface area contributed by atoms with Gasteiger partial charge in [-0.1, -0.05) is 66.2 Å². The number of fused-ring (bicyclic) bond motifs is 1. The van der Waals surface area contributed by atoms with Gasteiger partial charge in [0.1, 0.15) is 18.1 Å². The van der Waals surface area contributed by atoms with Crippen molar-refractivity contribution in [2.24, 2.45) is 0 Å². The Morgan fingerprint density at radius 2 is 1.76 bits per heavy atom. The number of ether oxygens (including phenoxy) is 2. The first-order valence-corrected chi connectivity index (χ1v) is 15.2. The molecule has 1 saturated heterocycles. The maximum atomic E-state index is 14.0. The van der Waals surface area contributed by atoms with Crippen molar-refractivity contribution in [2.75, 3.05) is 50.6 Å². The molecule has 2 aliphatic heterocycles. The molecule has 2 amide bonds. The van der Waals surface area contributed by atoms with Crippen LogP contribution in [0.1, 0.15) is 27.5 Å². The summed E-state index contributed by atoms with van der Waals surface area (Å²) in [5.41, 5.74) is 6.57. The monoisotopic (exact) mass is 582 g/mol. The van der Waals surface area contributed by atoms with Crippen molar-refractivity contribution in [3.8, 4) is 22.7 Å². The maximum Gasteiger partial charge on any atom is 0.242 e. The molecule has 216 valence electrons. The number of benzene rings is 3. The van der Waals surface area contributed by atoms with Gasteiger partial charge in [-0.05, 0) is 31.5 Å². The second-order valence-electron chi connectivity index (χ2n) is 10.6. The molecule has 0 bridgehead atoms. The Morgan fingerprint density at radius 1 is 1.02 bits per heavy atom. The van der Waals surface area contributed by atoms with Crippen molar-refractivity contribution >= 4 is 29.4 Å². The number of carbonyl (C=O) groups excluding carboxylic acids is 2. The Labute approximate surface area is 250 Å². The first-order chi connectivity index (χ1) is 20.5. The zero-order valence-electron chi connectivity index (χ0n) is 24.1. The molecule has 0 aliphatic carbocycles. The molecule has 9 heteroatoms. The third-order valence-corrected chi connectivity index (χ3v) is 9.03. The molecular weight excluding hydrogens is 548 g/mol. The number of aryl methyl sites for hydroxylation is 2. The van der Waals surface area contributed by atoms with E-state index in [9.17, 15) is 9.59 Å². The molecule has 2 aliphatic rings. The minimum Gasteiger partial charge on any atom is -0.496 e. The van der Waals surface area contributed by atoms with Gasteiger partial charge in [-0.3, -0.25) is 14.5 Å². The molecular formula is C33H34N4O4S. The highest BCUT2D eigenvalue weighted by Crippen LogP contribution is 2.50. The summed E-state index contributed by atoms with van der Waals surface area (Å²) < 4.78 is 13.1. The van der Waals surface area contributed by atoms with E-state index in [-0.39, 0.29) is 29.4 Å². The van der Waals surface area contributed by atoms with Crippen LogP contribution in [0.3, 0.4) is 0 Å². The lowest BCUT2D eigenvalue weighted by Gasteiger charge is -2.30. The fraction of sp³-hybridized carbons (Fsp3) is 0.303. The molecule has 0 N–H and O–H groups in total. The summed E-state index contributed by atoms with van der Waals surface area (Å²) in [6.45, 7) is 6.05. The largest absolute Gasteiger partial charge is 0.496 e. The zero-order chi connectivity index (χ0) is 29.2. The fourth-order valence-electron chi connectivity index (χ4n) is 5.72. The number of hydrogen-bond acceptors (Lipinski definition) is 6. The number of hydrogen-bond donors (Lipinski definition) is 0. The second kappa shape index (κ2) is 12.0. The Bertz CT molecular complexity index is 1610. The molecule has 8 nitrogen and oxygen atoms in total. The molecule has 1 aromatic heterocycles. The Balaban J connectivity index is 1.62. The second-order valence-corrected chi connectivity index (χ2v) is 11.7. The average Bonchev–Trinajstić information content (AvgIpc) is 3.34. The van der Waals surface area contributed by atoms with E-state index >= 15 is 0 Å². The summed E-state index contributed by atoms with van der Waals surface area (Å²) in [4.78, 5) is 31.1. The van der Waals surface area contributed by atoms with E-state index < -0.39 is 0 Å². The van der Waals surface area contributed by atoms with E-state index in [1.54, 1.807) is 16.9 Å². The lowest BCUT2D eigenvalue weighted by Crippen LogP contribution is -2.48. The van der Waals surface area contributed by atoms with Crippen molar-refractivity contribution in [2.45, 2.75) is 19.1 Å². The zero-order valence-corrected chi connectivity index (χ0v) is 24.9. The smallest absolute Gasteiger partial charge is 0.242 e. The van der Waals surface area contributed by atoms with Gasteiger partial charge in [0.05, 0.1) is 42.7 Å². The molecule has 1 atom stereocenters. The van der Waals surface area contributed by atoms with E-state index in [0.29, 0.717) is 32.1 Å². The fourth-order valence-corrected chi connectivity index (χ4v) is 6.94. The van der Waals surface area contributed by atoms with Crippen molar-refractivity contribution in [1.82, 2.24) is 14.7 Å². The molecule has 6 rings (SSSR count). The topological polar surface area (TPSA) is 76.9 Å². The minimum absolute atomic E-state index is 0.0735. The lowest BCUT2D eigenvalue weighted by molar-refractivity contribution is -0.134. The molecule has 1 fully saturated rings. The molecule has 0 radical (unpaired) electrons. The predicted octanol–water partition coefficient (Wildman–Crippen LogP) is 5.19. The maximum absolute atomic E-state index is 14.0. The highest BCUT2D eigenvalue weighted by Gasteiger charge is 2.39. The van der Waals surface area contributed by atoms with Gasteiger partial charge in [-0.15, -0.1) is 11.8 Å². The van der Waals surface area contributed by atoms with Gasteiger partial charge in [0.2, 0.25) is 11.8 Å². The molecule has 42 heavy (non-hydrogen) atoms. The van der Waals surface area contributed by atoms with Gasteiger partial charge in [-0.2, -0.15) is 5.10 Å². The summed E-state index contributed by atoms with van der Waals surface area (Å²) in [5, 5.41) is 4.96. The van der Waals surface area contributed by atoms with Crippen LogP contribution >= 0.6 is 11.8 Å². The number of nitrogens with zero attached hydrogens (tertiary/aromatic N) is 4. The molecule has 1 unspecified atom stereocenters. The van der Waals surface area contributed by atoms with Crippen molar-refractivity contribution < 1.29 is 19.1 Å². The van der Waals surface area contributed by atoms with Crippen LogP contribution in [0.5, 0.6) is 5.75 Å². The number of anilines is 1. The number of rotatable bonds is 6. The summed E-state index contributed by atoms with van der Waals surface area (Å²) in [6.07, 6.45) is 0. The van der Waals surface area contributed by atoms with Gasteiger partial charge >= 0.3 is 0 Å². The normalized spacial score (nSPS) is 17.1. The van der Waals surface area contributed by atoms with E-state index in [1.165, 1.54) is 11.8 Å². The Hall–Kier alpha value is -4.08. The molecule has 4 aromatic rings. The molecule has 3 heterocycles. The summed E-state index contributed by atoms with van der Waals surface area (Å²) in [6, 6.07) is 24.1. The summed E-state index contributed by atoms with van der Waals surface area (Å²) in [7, 11) is 1.66. The standard InChI is InChI=1S/C33H34N4O4S/c1-22-13-14-26(23(2)19-22)37-33-30(31(34-37)24-9-5-4-6-10-24)32(25-11-7-8-12-27(25)40-3)42-21-29(39)36(33)20-28(38)35-15-17-41-18-16-35/h4-14,19,32H,15-18,20-21H2,1-3H3. The lowest BCUT2D eigenvalue weighted by atomic mass is 9.99. The third-order valence-electron chi connectivity index (χ3n) is 7.80. The SMILES string of the molecule is COc1ccccc1C1SCC(=O)N(CC(=O)N2CCOCC2)c2c1c(-c1ccccc1)nn2-c1ccc(C)cc1C. The number of amides is 2. The van der Waals surface area contributed by atoms with Crippen LogP contribution in [0.15, 0.2) is 72.8 Å². The Morgan fingerprint density at radius 3 is 2.50 bits per heavy atom. The molecule has 0 spiro atoms. The van der Waals surface area contributed by atoms with E-state index in [2.05, 4.69) is 13.0 Å². The highest BCUT2D eigenvalue weighted by molar-refractivity contribution is 8.00. The van der Waals surface area contributed by atoms with Crippen LogP contribution in [0, 0.1) is 13.8 Å². The Kier molecular flexibility index (Phi) is 8.04. The first-order valence-electron chi connectivity index (χ1n) is 14.1. The highest BCUT2D eigenvalue weighted by atomic mass is 32.2. The van der Waals surface area contributed by atoms with Gasteiger partial charge < -0.3 is 14.4 Å². The van der Waals surface area contributed by atoms with Crippen LogP contribution in [-0.4, -0.2) is 72.2 Å². The number of para-hydroxylation sites is 1. The van der Waals surface area contributed by atoms with Gasteiger partial charge in [0.15, 0.2) is 0 Å². The van der Waals surface area contributed by atoms with Gasteiger partial charge in [-0.25, -0.2) is 4.68 Å². The third kappa shape index (κ3) is 5.30. The van der Waals surface area contributed by atoms with E-state index in [4.69, 9.17) is 14.6 Å². The quantitative estimate of drug-likeness (QED) is 0.311. The number of carbonyl (C=O) groups is 2. The number of methoxy groups -OCH3 is 1. The van der Waals surface area contributed by atoms with Crippen LogP contribution in [0.4, 0.5) is 5.82 Å². The van der Waals surface area contributed by atoms with Crippen LogP contribution in [0.2, 0.25) is 0 Å². The molecule has 0 saturated carbocycles. The number of aromatic nitrogens is 2. The van der Waals surface area contributed by atoms with Gasteiger partial charge in [0.25, 0.3) is 0 Å². The predicted molar refractivity (Wildman–Crippen MR) is 166 cm³/mol. The summed E-state index contributed by atoms with van der Waals surface area (Å²) >= 11 is 1.54. The van der Waals surface area contributed by atoms with Crippen LogP contribution in [-0.2, 0) is 14.3 Å². The number of thioether (sulfide) groups is 1. The van der Waals surface area contributed by atoms with Crippen LogP contribution in [0.25, 0.3) is 16.9 Å². The van der Waals surface area contributed by atoms with Gasteiger partial charge in [0, 0.05) is 29.8 Å². The van der Waals surface area contributed by atoms with Crippen LogP contribution < -0.4 is 9.64 Å². The molecule has 3 aromatic carbocycles. The van der Waals surface area contributed by atoms with Crippen molar-refractivity contribution in [1.29, 1.82) is 0 Å². The minimum atomic E-state index is -0.265. The van der Waals surface area contributed by atoms with Crippen molar-refractivity contribution in [3.05, 3.63) is 95.1 Å². The van der Waals surface area contributed by atoms with Crippen molar-refractivity contribution in [3.63, 3.8) is 0 Å². The van der Waals surface area contributed by atoms with E-state index in [0.717, 1.165) is 44.9 Å². The van der Waals surface area contributed by atoms with E-state index in [1.807, 2.05) is 78.3 Å². The first kappa shape index (κ1) is 28.1. The number of morpholine rings is 1. The average molecular weight is 583 g/mol. The summed E-state index contributed by atoms with van der Waals surface area (Å²) in [5.74, 6) is 1.33.